The summed E-state index contributed by atoms with van der Waals surface area (Å²) in [6.45, 7) is -0.285. The standard InChI is InChI=1S/C24H21FN2O6/c1-30-19-8-4-17(5-9-19)24(29)33-21-12-3-16(13-22(21)31-2)14-26-27-23(28)15-32-20-10-6-18(25)7-11-20/h3-14H,15H2,1-2H3,(H,27,28)/b26-14-. The molecule has 0 aliphatic heterocycles. The van der Waals surface area contributed by atoms with E-state index in [0.29, 0.717) is 28.4 Å². The van der Waals surface area contributed by atoms with Crippen LogP contribution in [0.3, 0.4) is 0 Å². The second-order valence-corrected chi connectivity index (χ2v) is 6.56. The summed E-state index contributed by atoms with van der Waals surface area (Å²) in [5.41, 5.74) is 3.27. The van der Waals surface area contributed by atoms with Gasteiger partial charge >= 0.3 is 5.97 Å². The van der Waals surface area contributed by atoms with E-state index in [0.717, 1.165) is 0 Å². The Labute approximate surface area is 189 Å². The minimum Gasteiger partial charge on any atom is -0.497 e. The number of methoxy groups -OCH3 is 2. The maximum Gasteiger partial charge on any atom is 0.343 e. The second-order valence-electron chi connectivity index (χ2n) is 6.56. The molecular formula is C24H21FN2O6. The van der Waals surface area contributed by atoms with Crippen LogP contribution in [0.15, 0.2) is 71.8 Å². The molecule has 0 radical (unpaired) electrons. The average molecular weight is 452 g/mol. The Morgan fingerprint density at radius 2 is 1.61 bits per heavy atom. The number of hydrogen-bond acceptors (Lipinski definition) is 7. The zero-order chi connectivity index (χ0) is 23.6. The number of hydrazone groups is 1. The van der Waals surface area contributed by atoms with Crippen molar-refractivity contribution in [1.29, 1.82) is 0 Å². The quantitative estimate of drug-likeness (QED) is 0.231. The molecule has 33 heavy (non-hydrogen) atoms. The van der Waals surface area contributed by atoms with E-state index in [1.54, 1.807) is 42.5 Å². The normalized spacial score (nSPS) is 10.5. The van der Waals surface area contributed by atoms with Crippen LogP contribution in [-0.4, -0.2) is 38.9 Å². The molecular weight excluding hydrogens is 431 g/mol. The van der Waals surface area contributed by atoms with E-state index in [1.807, 2.05) is 0 Å². The van der Waals surface area contributed by atoms with Crippen LogP contribution in [0.4, 0.5) is 4.39 Å². The number of nitrogens with one attached hydrogen (secondary N) is 1. The molecule has 1 N–H and O–H groups in total. The fourth-order valence-electron chi connectivity index (χ4n) is 2.63. The number of amides is 1. The lowest BCUT2D eigenvalue weighted by atomic mass is 10.2. The molecule has 3 rings (SSSR count). The smallest absolute Gasteiger partial charge is 0.343 e. The number of hydrogen-bond donors (Lipinski definition) is 1. The maximum atomic E-state index is 12.9. The van der Waals surface area contributed by atoms with Gasteiger partial charge in [-0.25, -0.2) is 14.6 Å². The van der Waals surface area contributed by atoms with Gasteiger partial charge in [-0.2, -0.15) is 5.10 Å². The van der Waals surface area contributed by atoms with Crippen molar-refractivity contribution in [2.45, 2.75) is 0 Å². The van der Waals surface area contributed by atoms with Crippen molar-refractivity contribution in [3.05, 3.63) is 83.7 Å². The molecule has 0 fully saturated rings. The van der Waals surface area contributed by atoms with E-state index in [-0.39, 0.29) is 12.4 Å². The summed E-state index contributed by atoms with van der Waals surface area (Å²) in [7, 11) is 2.98. The van der Waals surface area contributed by atoms with Crippen LogP contribution in [0.1, 0.15) is 15.9 Å². The Hall–Kier alpha value is -4.40. The van der Waals surface area contributed by atoms with E-state index in [9.17, 15) is 14.0 Å². The molecule has 0 heterocycles. The largest absolute Gasteiger partial charge is 0.497 e. The van der Waals surface area contributed by atoms with Gasteiger partial charge in [-0.1, -0.05) is 0 Å². The van der Waals surface area contributed by atoms with Crippen LogP contribution in [0.2, 0.25) is 0 Å². The Bertz CT molecular complexity index is 1130. The first-order chi connectivity index (χ1) is 16.0. The summed E-state index contributed by atoms with van der Waals surface area (Å²) < 4.78 is 33.9. The Morgan fingerprint density at radius 1 is 0.909 bits per heavy atom. The minimum atomic E-state index is -0.550. The van der Waals surface area contributed by atoms with E-state index in [2.05, 4.69) is 10.5 Å². The van der Waals surface area contributed by atoms with Crippen LogP contribution in [0.25, 0.3) is 0 Å². The third-order valence-corrected chi connectivity index (χ3v) is 4.30. The van der Waals surface area contributed by atoms with Crippen LogP contribution in [0.5, 0.6) is 23.0 Å². The van der Waals surface area contributed by atoms with Gasteiger partial charge in [-0.15, -0.1) is 0 Å². The highest BCUT2D eigenvalue weighted by atomic mass is 19.1. The van der Waals surface area contributed by atoms with Gasteiger partial charge < -0.3 is 18.9 Å². The Balaban J connectivity index is 1.55. The molecule has 0 atom stereocenters. The SMILES string of the molecule is COc1ccc(C(=O)Oc2ccc(/C=N\NC(=O)COc3ccc(F)cc3)cc2OC)cc1. The zero-order valence-electron chi connectivity index (χ0n) is 17.9. The molecule has 8 nitrogen and oxygen atoms in total. The summed E-state index contributed by atoms with van der Waals surface area (Å²) in [4.78, 5) is 24.2. The summed E-state index contributed by atoms with van der Waals surface area (Å²) in [5.74, 6) is 0.0904. The van der Waals surface area contributed by atoms with Crippen LogP contribution < -0.4 is 24.4 Å². The van der Waals surface area contributed by atoms with Gasteiger partial charge in [0.15, 0.2) is 18.1 Å². The van der Waals surface area contributed by atoms with Gasteiger partial charge in [0.05, 0.1) is 26.0 Å². The molecule has 0 saturated carbocycles. The van der Waals surface area contributed by atoms with Gasteiger partial charge in [-0.3, -0.25) is 4.79 Å². The van der Waals surface area contributed by atoms with E-state index >= 15 is 0 Å². The molecule has 1 amide bonds. The van der Waals surface area contributed by atoms with Crippen LogP contribution >= 0.6 is 0 Å². The molecule has 0 aliphatic carbocycles. The van der Waals surface area contributed by atoms with Crippen molar-refractivity contribution < 1.29 is 32.9 Å². The van der Waals surface area contributed by atoms with Gasteiger partial charge in [0, 0.05) is 0 Å². The van der Waals surface area contributed by atoms with Crippen molar-refractivity contribution in [3.63, 3.8) is 0 Å². The van der Waals surface area contributed by atoms with Gasteiger partial charge in [0.1, 0.15) is 17.3 Å². The molecule has 0 aromatic heterocycles. The Kier molecular flexibility index (Phi) is 7.96. The van der Waals surface area contributed by atoms with Crippen molar-refractivity contribution in [3.8, 4) is 23.0 Å². The monoisotopic (exact) mass is 452 g/mol. The Morgan fingerprint density at radius 3 is 2.27 bits per heavy atom. The lowest BCUT2D eigenvalue weighted by molar-refractivity contribution is -0.123. The predicted molar refractivity (Wildman–Crippen MR) is 119 cm³/mol. The van der Waals surface area contributed by atoms with Crippen molar-refractivity contribution in [2.75, 3.05) is 20.8 Å². The number of carbonyl (C=O) groups is 2. The van der Waals surface area contributed by atoms with Gasteiger partial charge in [0.2, 0.25) is 0 Å². The number of nitrogens with zero attached hydrogens (tertiary/aromatic N) is 1. The third-order valence-electron chi connectivity index (χ3n) is 4.30. The van der Waals surface area contributed by atoms with Gasteiger partial charge in [0.25, 0.3) is 5.91 Å². The fourth-order valence-corrected chi connectivity index (χ4v) is 2.63. The topological polar surface area (TPSA) is 95.5 Å². The van der Waals surface area contributed by atoms with Crippen molar-refractivity contribution in [2.24, 2.45) is 5.10 Å². The number of carbonyl (C=O) groups excluding carboxylic acids is 2. The average Bonchev–Trinajstić information content (AvgIpc) is 2.84. The number of ether oxygens (including phenoxy) is 4. The lowest BCUT2D eigenvalue weighted by Crippen LogP contribution is -2.24. The number of benzene rings is 3. The first-order valence-electron chi connectivity index (χ1n) is 9.73. The molecule has 3 aromatic rings. The number of rotatable bonds is 9. The summed E-state index contributed by atoms with van der Waals surface area (Å²) in [6.07, 6.45) is 1.40. The molecule has 9 heteroatoms. The van der Waals surface area contributed by atoms with E-state index < -0.39 is 17.7 Å². The molecule has 0 unspecified atom stereocenters. The predicted octanol–water partition coefficient (Wildman–Crippen LogP) is 3.59. The van der Waals surface area contributed by atoms with Crippen molar-refractivity contribution >= 4 is 18.1 Å². The zero-order valence-corrected chi connectivity index (χ0v) is 17.9. The molecule has 170 valence electrons. The highest BCUT2D eigenvalue weighted by Crippen LogP contribution is 2.28. The minimum absolute atomic E-state index is 0.229. The molecule has 0 spiro atoms. The molecule has 0 aliphatic rings. The number of esters is 1. The van der Waals surface area contributed by atoms with Crippen molar-refractivity contribution in [1.82, 2.24) is 5.43 Å². The maximum absolute atomic E-state index is 12.9. The summed E-state index contributed by atoms with van der Waals surface area (Å²) >= 11 is 0. The van der Waals surface area contributed by atoms with E-state index in [4.69, 9.17) is 18.9 Å². The highest BCUT2D eigenvalue weighted by Gasteiger charge is 2.13. The molecule has 0 bridgehead atoms. The second kappa shape index (κ2) is 11.3. The summed E-state index contributed by atoms with van der Waals surface area (Å²) in [6, 6.07) is 16.6. The van der Waals surface area contributed by atoms with Crippen LogP contribution in [0, 0.1) is 5.82 Å². The fraction of sp³-hybridized carbons (Fsp3) is 0.125. The van der Waals surface area contributed by atoms with Gasteiger partial charge in [-0.05, 0) is 72.3 Å². The molecule has 0 saturated heterocycles. The first-order valence-corrected chi connectivity index (χ1v) is 9.73. The summed E-state index contributed by atoms with van der Waals surface area (Å²) in [5, 5.41) is 3.86. The lowest BCUT2D eigenvalue weighted by Gasteiger charge is -2.10. The van der Waals surface area contributed by atoms with Crippen LogP contribution in [-0.2, 0) is 4.79 Å². The first kappa shape index (κ1) is 23.3. The van der Waals surface area contributed by atoms with E-state index in [1.165, 1.54) is 44.7 Å². The highest BCUT2D eigenvalue weighted by molar-refractivity contribution is 5.92. The third kappa shape index (κ3) is 6.79. The number of halogens is 1. The molecule has 3 aromatic carbocycles.